The Morgan fingerprint density at radius 1 is 1.22 bits per heavy atom. The van der Waals surface area contributed by atoms with Crippen molar-refractivity contribution in [3.8, 4) is 17.1 Å². The Balaban J connectivity index is 1.60. The van der Waals surface area contributed by atoms with Gasteiger partial charge in [0.2, 0.25) is 11.8 Å². The molecule has 196 valence electrons. The topological polar surface area (TPSA) is 133 Å². The summed E-state index contributed by atoms with van der Waals surface area (Å²) in [6, 6.07) is 9.01. The number of urea groups is 1. The van der Waals surface area contributed by atoms with Crippen molar-refractivity contribution in [1.82, 2.24) is 15.0 Å². The number of rotatable bonds is 6. The van der Waals surface area contributed by atoms with Crippen molar-refractivity contribution in [2.45, 2.75) is 25.6 Å². The zero-order chi connectivity index (χ0) is 26.6. The van der Waals surface area contributed by atoms with Gasteiger partial charge in [0.05, 0.1) is 23.6 Å². The van der Waals surface area contributed by atoms with Gasteiger partial charge in [0.15, 0.2) is 5.82 Å². The van der Waals surface area contributed by atoms with Gasteiger partial charge in [-0.2, -0.15) is 18.2 Å². The number of aryl methyl sites for hydroxylation is 1. The standard InChI is InChI=1S/C24H25F3N6O4/c1-14-10-20(37-13-17(35)12-34)31-22(29-14)32-23(36)33-9-3-8-28-19-7-6-18(30-21(19)33)15-4-2-5-16(11-15)24(25,26)27/h2,4-7,10-11,17,28,34-35H,3,8-9,12-13H2,1H3,(H,29,31,32,36). The van der Waals surface area contributed by atoms with E-state index in [1.807, 2.05) is 0 Å². The number of halogens is 3. The summed E-state index contributed by atoms with van der Waals surface area (Å²) in [5.74, 6) is 0.296. The number of aliphatic hydroxyl groups excluding tert-OH is 2. The number of fused-ring (bicyclic) bond motifs is 1. The maximum absolute atomic E-state index is 13.3. The third-order valence-electron chi connectivity index (χ3n) is 5.42. The van der Waals surface area contributed by atoms with E-state index in [9.17, 15) is 23.1 Å². The number of hydrogen-bond acceptors (Lipinski definition) is 8. The van der Waals surface area contributed by atoms with E-state index in [0.29, 0.717) is 24.3 Å². The van der Waals surface area contributed by atoms with E-state index in [2.05, 4.69) is 25.6 Å². The highest BCUT2D eigenvalue weighted by molar-refractivity contribution is 6.02. The molecule has 0 fully saturated rings. The Bertz CT molecular complexity index is 1270. The molecule has 0 spiro atoms. The number of carbonyl (C=O) groups excluding carboxylic acids is 1. The summed E-state index contributed by atoms with van der Waals surface area (Å²) in [6.45, 7) is 1.83. The largest absolute Gasteiger partial charge is 0.475 e. The minimum Gasteiger partial charge on any atom is -0.475 e. The van der Waals surface area contributed by atoms with E-state index in [1.54, 1.807) is 19.1 Å². The lowest BCUT2D eigenvalue weighted by atomic mass is 10.1. The number of hydrogen-bond donors (Lipinski definition) is 4. The van der Waals surface area contributed by atoms with Gasteiger partial charge < -0.3 is 20.3 Å². The smallest absolute Gasteiger partial charge is 0.416 e. The summed E-state index contributed by atoms with van der Waals surface area (Å²) < 4.78 is 45.0. The molecule has 1 atom stereocenters. The number of ether oxygens (including phenoxy) is 1. The van der Waals surface area contributed by atoms with Crippen LogP contribution in [0.25, 0.3) is 11.3 Å². The number of alkyl halides is 3. The second-order valence-electron chi connectivity index (χ2n) is 8.33. The van der Waals surface area contributed by atoms with Gasteiger partial charge in [-0.3, -0.25) is 10.2 Å². The van der Waals surface area contributed by atoms with Gasteiger partial charge >= 0.3 is 12.2 Å². The SMILES string of the molecule is Cc1cc(OCC(O)CO)nc(NC(=O)N2CCCNc3ccc(-c4cccc(C(F)(F)F)c4)nc32)n1. The summed E-state index contributed by atoms with van der Waals surface area (Å²) in [5.41, 5.74) is 0.778. The number of amides is 2. The lowest BCUT2D eigenvalue weighted by molar-refractivity contribution is -0.137. The molecular formula is C24H25F3N6O4. The van der Waals surface area contributed by atoms with Crippen LogP contribution in [-0.4, -0.2) is 63.6 Å². The zero-order valence-corrected chi connectivity index (χ0v) is 19.8. The van der Waals surface area contributed by atoms with Crippen molar-refractivity contribution in [3.05, 3.63) is 53.7 Å². The molecule has 1 aliphatic heterocycles. The monoisotopic (exact) mass is 518 g/mol. The first kappa shape index (κ1) is 26.1. The highest BCUT2D eigenvalue weighted by Gasteiger charge is 2.31. The van der Waals surface area contributed by atoms with Crippen LogP contribution in [0.1, 0.15) is 17.7 Å². The second-order valence-corrected chi connectivity index (χ2v) is 8.33. The molecule has 0 bridgehead atoms. The average molecular weight is 518 g/mol. The Hall–Kier alpha value is -3.97. The van der Waals surface area contributed by atoms with Crippen molar-refractivity contribution in [1.29, 1.82) is 0 Å². The van der Waals surface area contributed by atoms with E-state index in [4.69, 9.17) is 9.84 Å². The second kappa shape index (κ2) is 11.0. The van der Waals surface area contributed by atoms with Crippen molar-refractivity contribution >= 4 is 23.5 Å². The molecule has 0 saturated carbocycles. The number of carbonyl (C=O) groups is 1. The Labute approximate surface area is 210 Å². The predicted octanol–water partition coefficient (Wildman–Crippen LogP) is 3.45. The van der Waals surface area contributed by atoms with Crippen LogP contribution in [0.2, 0.25) is 0 Å². The van der Waals surface area contributed by atoms with E-state index in [0.717, 1.165) is 12.1 Å². The normalized spacial score (nSPS) is 14.3. The van der Waals surface area contributed by atoms with Gasteiger partial charge in [0.1, 0.15) is 12.7 Å². The molecule has 0 radical (unpaired) electrons. The highest BCUT2D eigenvalue weighted by Crippen LogP contribution is 2.34. The molecule has 4 N–H and O–H groups in total. The molecule has 1 aromatic carbocycles. The Morgan fingerprint density at radius 3 is 2.78 bits per heavy atom. The van der Waals surface area contributed by atoms with Crippen molar-refractivity contribution in [2.75, 3.05) is 41.8 Å². The number of aromatic nitrogens is 3. The number of nitrogens with zero attached hydrogens (tertiary/aromatic N) is 4. The zero-order valence-electron chi connectivity index (χ0n) is 19.8. The number of nitrogens with one attached hydrogen (secondary N) is 2. The van der Waals surface area contributed by atoms with Crippen LogP contribution in [0.5, 0.6) is 5.88 Å². The Morgan fingerprint density at radius 2 is 2.03 bits per heavy atom. The summed E-state index contributed by atoms with van der Waals surface area (Å²) >= 11 is 0. The summed E-state index contributed by atoms with van der Waals surface area (Å²) in [4.78, 5) is 27.5. The lowest BCUT2D eigenvalue weighted by Crippen LogP contribution is -2.36. The van der Waals surface area contributed by atoms with Gasteiger partial charge in [-0.05, 0) is 37.6 Å². The van der Waals surface area contributed by atoms with Crippen LogP contribution in [0.3, 0.4) is 0 Å². The van der Waals surface area contributed by atoms with E-state index in [1.165, 1.54) is 23.1 Å². The molecule has 3 heterocycles. The number of anilines is 3. The molecule has 37 heavy (non-hydrogen) atoms. The van der Waals surface area contributed by atoms with Crippen LogP contribution < -0.4 is 20.3 Å². The molecule has 1 unspecified atom stereocenters. The number of benzene rings is 1. The molecule has 1 aliphatic rings. The molecule has 4 rings (SSSR count). The molecular weight excluding hydrogens is 493 g/mol. The molecule has 0 saturated heterocycles. The molecule has 13 heteroatoms. The first-order valence-corrected chi connectivity index (χ1v) is 11.4. The molecule has 2 aromatic heterocycles. The van der Waals surface area contributed by atoms with Gasteiger partial charge in [0, 0.05) is 30.4 Å². The average Bonchev–Trinajstić information content (AvgIpc) is 3.08. The van der Waals surface area contributed by atoms with Crippen LogP contribution >= 0.6 is 0 Å². The Kier molecular flexibility index (Phi) is 7.74. The summed E-state index contributed by atoms with van der Waals surface area (Å²) in [5, 5.41) is 24.2. The van der Waals surface area contributed by atoms with Gasteiger partial charge in [-0.25, -0.2) is 14.8 Å². The van der Waals surface area contributed by atoms with Crippen molar-refractivity contribution in [3.63, 3.8) is 0 Å². The number of pyridine rings is 1. The van der Waals surface area contributed by atoms with E-state index >= 15 is 0 Å². The van der Waals surface area contributed by atoms with Crippen LogP contribution in [0.15, 0.2) is 42.5 Å². The fraction of sp³-hybridized carbons (Fsp3) is 0.333. The minimum absolute atomic E-state index is 0.0497. The summed E-state index contributed by atoms with van der Waals surface area (Å²) in [7, 11) is 0. The predicted molar refractivity (Wildman–Crippen MR) is 130 cm³/mol. The molecule has 10 nitrogen and oxygen atoms in total. The first-order chi connectivity index (χ1) is 17.6. The van der Waals surface area contributed by atoms with Crippen LogP contribution in [0, 0.1) is 6.92 Å². The highest BCUT2D eigenvalue weighted by atomic mass is 19.4. The van der Waals surface area contributed by atoms with Crippen molar-refractivity contribution < 1.29 is 32.9 Å². The minimum atomic E-state index is -4.50. The maximum Gasteiger partial charge on any atom is 0.416 e. The molecule has 0 aliphatic carbocycles. The third kappa shape index (κ3) is 6.43. The van der Waals surface area contributed by atoms with Crippen LogP contribution in [-0.2, 0) is 6.18 Å². The van der Waals surface area contributed by atoms with Gasteiger partial charge in [0.25, 0.3) is 0 Å². The quantitative estimate of drug-likeness (QED) is 0.390. The number of aliphatic hydroxyl groups is 2. The fourth-order valence-corrected chi connectivity index (χ4v) is 3.64. The van der Waals surface area contributed by atoms with Gasteiger partial charge in [-0.1, -0.05) is 12.1 Å². The van der Waals surface area contributed by atoms with Gasteiger partial charge in [-0.15, -0.1) is 0 Å². The summed E-state index contributed by atoms with van der Waals surface area (Å²) in [6.07, 6.45) is -5.00. The van der Waals surface area contributed by atoms with Crippen LogP contribution in [0.4, 0.5) is 35.4 Å². The first-order valence-electron chi connectivity index (χ1n) is 11.4. The maximum atomic E-state index is 13.3. The fourth-order valence-electron chi connectivity index (χ4n) is 3.64. The molecule has 3 aromatic rings. The van der Waals surface area contributed by atoms with E-state index in [-0.39, 0.29) is 42.1 Å². The van der Waals surface area contributed by atoms with Crippen molar-refractivity contribution in [2.24, 2.45) is 0 Å². The third-order valence-corrected chi connectivity index (χ3v) is 5.42. The van der Waals surface area contributed by atoms with E-state index < -0.39 is 30.5 Å². The lowest BCUT2D eigenvalue weighted by Gasteiger charge is -2.22. The molecule has 2 amide bonds.